The second-order valence-electron chi connectivity index (χ2n) is 4.97. The molecule has 0 heterocycles. The summed E-state index contributed by atoms with van der Waals surface area (Å²) in [4.78, 5) is 0. The van der Waals surface area contributed by atoms with E-state index in [1.807, 2.05) is 0 Å². The Labute approximate surface area is 95.0 Å². The van der Waals surface area contributed by atoms with E-state index in [9.17, 15) is 0 Å². The second kappa shape index (κ2) is 8.12. The molecule has 90 valence electrons. The predicted octanol–water partition coefficient (Wildman–Crippen LogP) is 2.67. The highest BCUT2D eigenvalue weighted by Gasteiger charge is 2.20. The van der Waals surface area contributed by atoms with E-state index in [1.165, 1.54) is 57.9 Å². The molecular weight excluding hydrogens is 184 g/mol. The molecule has 1 saturated carbocycles. The number of nitrogens with two attached hydrogens (primary N) is 1. The summed E-state index contributed by atoms with van der Waals surface area (Å²) in [5, 5.41) is 3.59. The molecule has 2 nitrogen and oxygen atoms in total. The Hall–Kier alpha value is -0.0800. The van der Waals surface area contributed by atoms with Crippen LogP contribution < -0.4 is 11.1 Å². The molecule has 0 amide bonds. The zero-order chi connectivity index (χ0) is 10.9. The van der Waals surface area contributed by atoms with Gasteiger partial charge in [0.25, 0.3) is 0 Å². The van der Waals surface area contributed by atoms with Gasteiger partial charge in [0.05, 0.1) is 0 Å². The van der Waals surface area contributed by atoms with Crippen molar-refractivity contribution >= 4 is 0 Å². The molecule has 1 unspecified atom stereocenters. The summed E-state index contributed by atoms with van der Waals surface area (Å²) in [5.41, 5.74) is 5.75. The number of unbranched alkanes of at least 4 members (excludes halogenated alkanes) is 2. The molecule has 0 aromatic heterocycles. The normalized spacial score (nSPS) is 18.0. The molecule has 0 radical (unpaired) electrons. The van der Waals surface area contributed by atoms with Gasteiger partial charge in [0, 0.05) is 12.6 Å². The fraction of sp³-hybridized carbons (Fsp3) is 1.00. The molecule has 1 atom stereocenters. The lowest BCUT2D eigenvalue weighted by atomic mass is 10.1. The second-order valence-corrected chi connectivity index (χ2v) is 4.97. The molecule has 0 saturated heterocycles. The number of hydrogen-bond donors (Lipinski definition) is 2. The largest absolute Gasteiger partial charge is 0.329 e. The number of hydrogen-bond acceptors (Lipinski definition) is 2. The van der Waals surface area contributed by atoms with Crippen LogP contribution in [0.15, 0.2) is 0 Å². The number of rotatable bonds is 10. The highest BCUT2D eigenvalue weighted by atomic mass is 14.9. The lowest BCUT2D eigenvalue weighted by Gasteiger charge is -2.16. The first-order valence-electron chi connectivity index (χ1n) is 6.80. The molecule has 1 fully saturated rings. The van der Waals surface area contributed by atoms with Gasteiger partial charge in [-0.05, 0) is 31.7 Å². The molecule has 2 heteroatoms. The Morgan fingerprint density at radius 2 is 2.07 bits per heavy atom. The first-order chi connectivity index (χ1) is 7.36. The maximum atomic E-state index is 5.75. The van der Waals surface area contributed by atoms with Crippen LogP contribution in [-0.2, 0) is 0 Å². The summed E-state index contributed by atoms with van der Waals surface area (Å²) < 4.78 is 0. The van der Waals surface area contributed by atoms with Gasteiger partial charge in [0.2, 0.25) is 0 Å². The van der Waals surface area contributed by atoms with Gasteiger partial charge >= 0.3 is 0 Å². The lowest BCUT2D eigenvalue weighted by Crippen LogP contribution is -2.36. The monoisotopic (exact) mass is 212 g/mol. The van der Waals surface area contributed by atoms with Crippen molar-refractivity contribution in [2.75, 3.05) is 13.1 Å². The van der Waals surface area contributed by atoms with Gasteiger partial charge in [-0.3, -0.25) is 0 Å². The van der Waals surface area contributed by atoms with E-state index in [0.717, 1.165) is 12.5 Å². The van der Waals surface area contributed by atoms with Gasteiger partial charge in [-0.2, -0.15) is 0 Å². The van der Waals surface area contributed by atoms with Crippen LogP contribution in [-0.4, -0.2) is 19.1 Å². The highest BCUT2D eigenvalue weighted by Crippen LogP contribution is 2.33. The summed E-state index contributed by atoms with van der Waals surface area (Å²) in [6.45, 7) is 4.22. The first-order valence-corrected chi connectivity index (χ1v) is 6.80. The van der Waals surface area contributed by atoms with E-state index in [2.05, 4.69) is 12.2 Å². The van der Waals surface area contributed by atoms with Gasteiger partial charge < -0.3 is 11.1 Å². The maximum Gasteiger partial charge on any atom is 0.0190 e. The Kier molecular flexibility index (Phi) is 7.03. The third kappa shape index (κ3) is 6.91. The molecule has 1 aliphatic rings. The number of nitrogens with one attached hydrogen (secondary N) is 1. The van der Waals surface area contributed by atoms with E-state index in [1.54, 1.807) is 0 Å². The Morgan fingerprint density at radius 3 is 2.67 bits per heavy atom. The van der Waals surface area contributed by atoms with E-state index in [0.29, 0.717) is 6.04 Å². The predicted molar refractivity (Wildman–Crippen MR) is 66.9 cm³/mol. The summed E-state index contributed by atoms with van der Waals surface area (Å²) in [6.07, 6.45) is 11.0. The van der Waals surface area contributed by atoms with Crippen molar-refractivity contribution in [2.45, 2.75) is 64.3 Å². The maximum absolute atomic E-state index is 5.75. The third-order valence-electron chi connectivity index (χ3n) is 3.36. The SMILES string of the molecule is CCCCCC(CN)NCCCC1CC1. The highest BCUT2D eigenvalue weighted by molar-refractivity contribution is 4.74. The first kappa shape index (κ1) is 13.0. The fourth-order valence-corrected chi connectivity index (χ4v) is 2.05. The summed E-state index contributed by atoms with van der Waals surface area (Å²) in [5.74, 6) is 1.07. The Morgan fingerprint density at radius 1 is 1.27 bits per heavy atom. The van der Waals surface area contributed by atoms with Crippen molar-refractivity contribution in [3.8, 4) is 0 Å². The molecule has 0 aromatic carbocycles. The van der Waals surface area contributed by atoms with Crippen molar-refractivity contribution in [3.63, 3.8) is 0 Å². The summed E-state index contributed by atoms with van der Waals surface area (Å²) in [6, 6.07) is 0.566. The molecule has 0 aromatic rings. The van der Waals surface area contributed by atoms with Crippen molar-refractivity contribution in [1.29, 1.82) is 0 Å². The average Bonchev–Trinajstić information content (AvgIpc) is 3.05. The van der Waals surface area contributed by atoms with Crippen LogP contribution in [0.4, 0.5) is 0 Å². The lowest BCUT2D eigenvalue weighted by molar-refractivity contribution is 0.453. The van der Waals surface area contributed by atoms with E-state index in [-0.39, 0.29) is 0 Å². The zero-order valence-electron chi connectivity index (χ0n) is 10.3. The molecular formula is C13H28N2. The fourth-order valence-electron chi connectivity index (χ4n) is 2.05. The smallest absolute Gasteiger partial charge is 0.0190 e. The van der Waals surface area contributed by atoms with E-state index in [4.69, 9.17) is 5.73 Å². The van der Waals surface area contributed by atoms with Crippen molar-refractivity contribution in [3.05, 3.63) is 0 Å². The van der Waals surface area contributed by atoms with Crippen molar-refractivity contribution in [1.82, 2.24) is 5.32 Å². The van der Waals surface area contributed by atoms with Crippen LogP contribution in [0, 0.1) is 5.92 Å². The average molecular weight is 212 g/mol. The van der Waals surface area contributed by atoms with Gasteiger partial charge in [-0.15, -0.1) is 0 Å². The quantitative estimate of drug-likeness (QED) is 0.546. The molecule has 1 aliphatic carbocycles. The molecule has 1 rings (SSSR count). The molecule has 0 bridgehead atoms. The minimum atomic E-state index is 0.566. The topological polar surface area (TPSA) is 38.0 Å². The Bertz CT molecular complexity index is 143. The van der Waals surface area contributed by atoms with E-state index >= 15 is 0 Å². The van der Waals surface area contributed by atoms with Crippen LogP contribution in [0.25, 0.3) is 0 Å². The summed E-state index contributed by atoms with van der Waals surface area (Å²) >= 11 is 0. The molecule has 15 heavy (non-hydrogen) atoms. The minimum absolute atomic E-state index is 0.566. The minimum Gasteiger partial charge on any atom is -0.329 e. The van der Waals surface area contributed by atoms with Crippen LogP contribution in [0.5, 0.6) is 0 Å². The molecule has 0 aliphatic heterocycles. The van der Waals surface area contributed by atoms with Gasteiger partial charge in [0.15, 0.2) is 0 Å². The zero-order valence-corrected chi connectivity index (χ0v) is 10.3. The standard InChI is InChI=1S/C13H28N2/c1-2-3-4-7-13(11-14)15-10-5-6-12-8-9-12/h12-13,15H,2-11,14H2,1H3. The van der Waals surface area contributed by atoms with Crippen LogP contribution in [0.1, 0.15) is 58.3 Å². The molecule has 3 N–H and O–H groups in total. The van der Waals surface area contributed by atoms with Gasteiger partial charge in [-0.25, -0.2) is 0 Å². The van der Waals surface area contributed by atoms with Crippen LogP contribution in [0.2, 0.25) is 0 Å². The van der Waals surface area contributed by atoms with Crippen molar-refractivity contribution < 1.29 is 0 Å². The summed E-state index contributed by atoms with van der Waals surface area (Å²) in [7, 11) is 0. The molecule has 0 spiro atoms. The van der Waals surface area contributed by atoms with E-state index < -0.39 is 0 Å². The van der Waals surface area contributed by atoms with Crippen LogP contribution >= 0.6 is 0 Å². The Balaban J connectivity index is 1.89. The van der Waals surface area contributed by atoms with Crippen LogP contribution in [0.3, 0.4) is 0 Å². The van der Waals surface area contributed by atoms with Crippen molar-refractivity contribution in [2.24, 2.45) is 11.7 Å². The van der Waals surface area contributed by atoms with Gasteiger partial charge in [0.1, 0.15) is 0 Å². The van der Waals surface area contributed by atoms with Gasteiger partial charge in [-0.1, -0.05) is 39.0 Å². The third-order valence-corrected chi connectivity index (χ3v) is 3.36.